The SMILES string of the molecule is CCCCCCCCS(=O)(=O)c1cc(-c2ccc(-c3cccc4ccccc34)s2)sc1-c1ccc(-c2cccc3ccccc23)s1. The molecule has 2 nitrogen and oxygen atoms in total. The minimum Gasteiger partial charge on any atom is -0.224 e. The van der Waals surface area contributed by atoms with E-state index in [1.807, 2.05) is 6.07 Å². The van der Waals surface area contributed by atoms with E-state index < -0.39 is 9.84 Å². The van der Waals surface area contributed by atoms with Gasteiger partial charge < -0.3 is 0 Å². The van der Waals surface area contributed by atoms with Crippen molar-refractivity contribution in [2.24, 2.45) is 0 Å². The van der Waals surface area contributed by atoms with Crippen molar-refractivity contribution < 1.29 is 8.42 Å². The second kappa shape index (κ2) is 13.7. The van der Waals surface area contributed by atoms with E-state index in [2.05, 4.69) is 116 Å². The van der Waals surface area contributed by atoms with Crippen molar-refractivity contribution in [1.82, 2.24) is 0 Å². The maximum absolute atomic E-state index is 14.0. The summed E-state index contributed by atoms with van der Waals surface area (Å²) in [6.45, 7) is 2.20. The highest BCUT2D eigenvalue weighted by atomic mass is 32.2. The summed E-state index contributed by atoms with van der Waals surface area (Å²) >= 11 is 5.03. The molecule has 0 saturated heterocycles. The molecule has 7 rings (SSSR count). The first-order valence-electron chi connectivity index (χ1n) is 16.0. The molecular weight excluding hydrogens is 641 g/mol. The fourth-order valence-electron chi connectivity index (χ4n) is 6.18. The normalized spacial score (nSPS) is 11.9. The Balaban J connectivity index is 1.26. The summed E-state index contributed by atoms with van der Waals surface area (Å²) < 4.78 is 28.0. The van der Waals surface area contributed by atoms with E-state index in [0.29, 0.717) is 11.3 Å². The van der Waals surface area contributed by atoms with Crippen LogP contribution in [-0.2, 0) is 9.84 Å². The summed E-state index contributed by atoms with van der Waals surface area (Å²) in [5.41, 5.74) is 2.39. The third-order valence-electron chi connectivity index (χ3n) is 8.59. The average Bonchev–Trinajstić information content (AvgIpc) is 3.86. The molecule has 0 amide bonds. The van der Waals surface area contributed by atoms with Gasteiger partial charge in [0, 0.05) is 24.4 Å². The van der Waals surface area contributed by atoms with Gasteiger partial charge in [-0.1, -0.05) is 124 Å². The molecule has 0 N–H and O–H groups in total. The van der Waals surface area contributed by atoms with Crippen molar-refractivity contribution in [3.63, 3.8) is 0 Å². The van der Waals surface area contributed by atoms with Crippen LogP contribution in [-0.4, -0.2) is 14.2 Å². The first-order valence-corrected chi connectivity index (χ1v) is 20.2. The van der Waals surface area contributed by atoms with Crippen molar-refractivity contribution >= 4 is 65.4 Å². The quantitative estimate of drug-likeness (QED) is 0.121. The van der Waals surface area contributed by atoms with E-state index in [4.69, 9.17) is 0 Å². The molecule has 0 atom stereocenters. The van der Waals surface area contributed by atoms with Crippen LogP contribution >= 0.6 is 34.0 Å². The summed E-state index contributed by atoms with van der Waals surface area (Å²) in [5, 5.41) is 4.86. The minimum atomic E-state index is -3.46. The molecule has 0 aliphatic carbocycles. The Bertz CT molecular complexity index is 2220. The van der Waals surface area contributed by atoms with Gasteiger partial charge in [-0.25, -0.2) is 8.42 Å². The summed E-state index contributed by atoms with van der Waals surface area (Å²) in [7, 11) is -3.46. The number of fused-ring (bicyclic) bond motifs is 2. The molecule has 0 fully saturated rings. The van der Waals surface area contributed by atoms with Gasteiger partial charge in [-0.3, -0.25) is 0 Å². The van der Waals surface area contributed by atoms with Crippen LogP contribution in [0.5, 0.6) is 0 Å². The third kappa shape index (κ3) is 6.37. The molecular formula is C40H36O2S4. The molecule has 0 unspecified atom stereocenters. The van der Waals surface area contributed by atoms with Crippen molar-refractivity contribution in [3.8, 4) is 40.4 Å². The van der Waals surface area contributed by atoms with E-state index in [-0.39, 0.29) is 5.75 Å². The largest absolute Gasteiger partial charge is 0.224 e. The topological polar surface area (TPSA) is 34.1 Å². The zero-order valence-corrected chi connectivity index (χ0v) is 29.1. The molecule has 0 saturated carbocycles. The number of hydrogen-bond acceptors (Lipinski definition) is 5. The number of unbranched alkanes of at least 4 members (excludes halogenated alkanes) is 5. The standard InChI is InChI=1S/C40H36O2S4/c1-2-3-4-5-6-11-26-46(41,42)39-27-38(36-24-22-34(43-36)32-20-12-16-28-14-7-9-18-30(28)32)45-40(39)37-25-23-35(44-37)33-21-13-17-29-15-8-10-19-31(29)33/h7-10,12-25,27H,2-6,11,26H2,1H3. The van der Waals surface area contributed by atoms with E-state index >= 15 is 0 Å². The Hall–Kier alpha value is -3.55. The second-order valence-corrected chi connectivity index (χ2v) is 17.1. The summed E-state index contributed by atoms with van der Waals surface area (Å²) in [6.07, 6.45) is 6.32. The van der Waals surface area contributed by atoms with Gasteiger partial charge in [-0.05, 0) is 69.4 Å². The maximum atomic E-state index is 14.0. The zero-order valence-electron chi connectivity index (χ0n) is 25.9. The molecule has 46 heavy (non-hydrogen) atoms. The number of thiophene rings is 3. The van der Waals surface area contributed by atoms with Crippen LogP contribution in [0.1, 0.15) is 45.4 Å². The molecule has 6 heteroatoms. The summed E-state index contributed by atoms with van der Waals surface area (Å²) in [4.78, 5) is 6.79. The fraction of sp³-hybridized carbons (Fsp3) is 0.200. The minimum absolute atomic E-state index is 0.190. The lowest BCUT2D eigenvalue weighted by atomic mass is 10.0. The Labute approximate surface area is 283 Å². The van der Waals surface area contributed by atoms with Crippen molar-refractivity contribution in [1.29, 1.82) is 0 Å². The van der Waals surface area contributed by atoms with Gasteiger partial charge in [0.05, 0.1) is 15.5 Å². The number of hydrogen-bond donors (Lipinski definition) is 0. The molecule has 0 aliphatic heterocycles. The highest BCUT2D eigenvalue weighted by Gasteiger charge is 2.25. The van der Waals surface area contributed by atoms with Gasteiger partial charge in [-0.2, -0.15) is 0 Å². The van der Waals surface area contributed by atoms with Crippen LogP contribution < -0.4 is 0 Å². The Kier molecular flexibility index (Phi) is 9.23. The van der Waals surface area contributed by atoms with Gasteiger partial charge in [0.2, 0.25) is 0 Å². The van der Waals surface area contributed by atoms with Crippen LogP contribution in [0, 0.1) is 0 Å². The maximum Gasteiger partial charge on any atom is 0.179 e. The molecule has 0 aliphatic rings. The van der Waals surface area contributed by atoms with Gasteiger partial charge in [-0.15, -0.1) is 34.0 Å². The van der Waals surface area contributed by atoms with Crippen LogP contribution in [0.15, 0.2) is 120 Å². The van der Waals surface area contributed by atoms with Gasteiger partial charge in [0.1, 0.15) is 0 Å². The van der Waals surface area contributed by atoms with E-state index in [1.54, 1.807) is 34.0 Å². The molecule has 0 bridgehead atoms. The zero-order chi connectivity index (χ0) is 31.5. The second-order valence-electron chi connectivity index (χ2n) is 11.8. The highest BCUT2D eigenvalue weighted by Crippen LogP contribution is 2.48. The average molecular weight is 677 g/mol. The molecule has 3 heterocycles. The lowest BCUT2D eigenvalue weighted by Crippen LogP contribution is -2.06. The molecule has 7 aromatic rings. The molecule has 3 aromatic heterocycles. The van der Waals surface area contributed by atoms with Crippen LogP contribution in [0.25, 0.3) is 61.9 Å². The highest BCUT2D eigenvalue weighted by molar-refractivity contribution is 7.91. The van der Waals surface area contributed by atoms with Crippen molar-refractivity contribution in [3.05, 3.63) is 115 Å². The van der Waals surface area contributed by atoms with Gasteiger partial charge >= 0.3 is 0 Å². The first-order chi connectivity index (χ1) is 22.5. The van der Waals surface area contributed by atoms with Crippen molar-refractivity contribution in [2.75, 3.05) is 5.75 Å². The Morgan fingerprint density at radius 2 is 1.02 bits per heavy atom. The Morgan fingerprint density at radius 1 is 0.500 bits per heavy atom. The first kappa shape index (κ1) is 31.1. The molecule has 0 spiro atoms. The molecule has 0 radical (unpaired) electrons. The van der Waals surface area contributed by atoms with Crippen LogP contribution in [0.2, 0.25) is 0 Å². The lowest BCUT2D eigenvalue weighted by Gasteiger charge is -2.06. The van der Waals surface area contributed by atoms with Gasteiger partial charge in [0.25, 0.3) is 0 Å². The van der Waals surface area contributed by atoms with E-state index in [9.17, 15) is 8.42 Å². The van der Waals surface area contributed by atoms with Gasteiger partial charge in [0.15, 0.2) is 9.84 Å². The van der Waals surface area contributed by atoms with Crippen LogP contribution in [0.4, 0.5) is 0 Å². The predicted molar refractivity (Wildman–Crippen MR) is 202 cm³/mol. The van der Waals surface area contributed by atoms with E-state index in [1.165, 1.54) is 56.8 Å². The predicted octanol–water partition coefficient (Wildman–Crippen LogP) is 13.0. The summed E-state index contributed by atoms with van der Waals surface area (Å²) in [6, 6.07) is 40.3. The third-order valence-corrected chi connectivity index (χ3v) is 14.3. The van der Waals surface area contributed by atoms with Crippen LogP contribution in [0.3, 0.4) is 0 Å². The lowest BCUT2D eigenvalue weighted by molar-refractivity contribution is 0.584. The van der Waals surface area contributed by atoms with Crippen molar-refractivity contribution in [2.45, 2.75) is 50.3 Å². The van der Waals surface area contributed by atoms with E-state index in [0.717, 1.165) is 37.2 Å². The monoisotopic (exact) mass is 676 g/mol. The molecule has 4 aromatic carbocycles. The molecule has 232 valence electrons. The number of rotatable bonds is 12. The smallest absolute Gasteiger partial charge is 0.179 e. The summed E-state index contributed by atoms with van der Waals surface area (Å²) in [5.74, 6) is 0.190. The number of sulfone groups is 1. The fourth-order valence-corrected chi connectivity index (χ4v) is 11.7. The Morgan fingerprint density at radius 3 is 1.67 bits per heavy atom. The number of benzene rings is 4.